The Morgan fingerprint density at radius 1 is 0.833 bits per heavy atom. The first-order valence-electron chi connectivity index (χ1n) is 12.7. The van der Waals surface area contributed by atoms with Crippen molar-refractivity contribution in [3.05, 3.63) is 65.9 Å². The third-order valence-electron chi connectivity index (χ3n) is 5.79. The van der Waals surface area contributed by atoms with Crippen molar-refractivity contribution < 1.29 is 17.9 Å². The second kappa shape index (κ2) is 13.7. The molecule has 0 bridgehead atoms. The van der Waals surface area contributed by atoms with Crippen molar-refractivity contribution >= 4 is 23.1 Å². The molecule has 0 aliphatic carbocycles. The van der Waals surface area contributed by atoms with Crippen LogP contribution in [0.15, 0.2) is 54.7 Å². The van der Waals surface area contributed by atoms with Crippen molar-refractivity contribution in [3.8, 4) is 5.75 Å². The van der Waals surface area contributed by atoms with E-state index in [1.165, 1.54) is 12.8 Å². The van der Waals surface area contributed by atoms with E-state index in [1.807, 2.05) is 24.3 Å². The first kappa shape index (κ1) is 27.3. The highest BCUT2D eigenvalue weighted by Crippen LogP contribution is 2.36. The van der Waals surface area contributed by atoms with Crippen LogP contribution in [0.5, 0.6) is 5.75 Å². The number of hydrogen-bond donors (Lipinski definition) is 2. The topological polar surface area (TPSA) is 59.1 Å². The smallest absolute Gasteiger partial charge is 0.421 e. The van der Waals surface area contributed by atoms with Crippen LogP contribution in [0.25, 0.3) is 0 Å². The Morgan fingerprint density at radius 3 is 2.28 bits per heavy atom. The Kier molecular flexibility index (Phi) is 10.4. The van der Waals surface area contributed by atoms with Crippen LogP contribution in [-0.4, -0.2) is 16.6 Å². The first-order valence-corrected chi connectivity index (χ1v) is 12.7. The van der Waals surface area contributed by atoms with Gasteiger partial charge >= 0.3 is 6.18 Å². The molecule has 0 atom stereocenters. The number of nitrogens with one attached hydrogen (secondary N) is 2. The number of hydrogen-bond acceptors (Lipinski definition) is 5. The molecule has 2 N–H and O–H groups in total. The Bertz CT molecular complexity index is 1070. The van der Waals surface area contributed by atoms with E-state index in [0.29, 0.717) is 18.0 Å². The van der Waals surface area contributed by atoms with Crippen LogP contribution in [0.3, 0.4) is 0 Å². The third kappa shape index (κ3) is 8.43. The van der Waals surface area contributed by atoms with E-state index in [0.717, 1.165) is 56.0 Å². The van der Waals surface area contributed by atoms with E-state index < -0.39 is 11.7 Å². The largest absolute Gasteiger partial charge is 0.494 e. The summed E-state index contributed by atoms with van der Waals surface area (Å²) in [5.74, 6) is 0.532. The monoisotopic (exact) mass is 500 g/mol. The fourth-order valence-electron chi connectivity index (χ4n) is 3.78. The Morgan fingerprint density at radius 2 is 1.56 bits per heavy atom. The van der Waals surface area contributed by atoms with Crippen LogP contribution in [0, 0.1) is 0 Å². The van der Waals surface area contributed by atoms with Crippen molar-refractivity contribution in [2.24, 2.45) is 0 Å². The summed E-state index contributed by atoms with van der Waals surface area (Å²) in [5, 5.41) is 5.91. The number of rotatable bonds is 14. The predicted molar refractivity (Wildman–Crippen MR) is 139 cm³/mol. The molecule has 8 heteroatoms. The number of aromatic nitrogens is 2. The number of nitrogens with zero attached hydrogens (tertiary/aromatic N) is 2. The van der Waals surface area contributed by atoms with Gasteiger partial charge in [-0.3, -0.25) is 0 Å². The molecule has 0 aliphatic rings. The second-order valence-electron chi connectivity index (χ2n) is 8.75. The average molecular weight is 501 g/mol. The minimum absolute atomic E-state index is 0.0715. The van der Waals surface area contributed by atoms with Crippen LogP contribution in [0.2, 0.25) is 0 Å². The molecule has 5 nitrogen and oxygen atoms in total. The molecule has 0 saturated heterocycles. The van der Waals surface area contributed by atoms with E-state index in [-0.39, 0.29) is 11.8 Å². The van der Waals surface area contributed by atoms with Crippen molar-refractivity contribution in [3.63, 3.8) is 0 Å². The van der Waals surface area contributed by atoms with Crippen LogP contribution in [0.1, 0.15) is 69.9 Å². The fraction of sp³-hybridized carbons (Fsp3) is 0.429. The summed E-state index contributed by atoms with van der Waals surface area (Å²) >= 11 is 0. The van der Waals surface area contributed by atoms with Gasteiger partial charge in [0.05, 0.1) is 6.61 Å². The summed E-state index contributed by atoms with van der Waals surface area (Å²) in [4.78, 5) is 8.10. The maximum atomic E-state index is 13.7. The summed E-state index contributed by atoms with van der Waals surface area (Å²) < 4.78 is 46.9. The van der Waals surface area contributed by atoms with E-state index in [9.17, 15) is 13.2 Å². The number of anilines is 4. The average Bonchev–Trinajstić information content (AvgIpc) is 2.85. The molecule has 2 aromatic carbocycles. The van der Waals surface area contributed by atoms with Gasteiger partial charge < -0.3 is 15.4 Å². The lowest BCUT2D eigenvalue weighted by Gasteiger charge is -2.17. The highest BCUT2D eigenvalue weighted by molar-refractivity contribution is 5.65. The number of halogens is 3. The van der Waals surface area contributed by atoms with Crippen LogP contribution in [-0.2, 0) is 12.6 Å². The molecule has 0 spiro atoms. The Hall–Kier alpha value is -3.29. The minimum atomic E-state index is -4.59. The van der Waals surface area contributed by atoms with Crippen molar-refractivity contribution in [2.75, 3.05) is 17.2 Å². The minimum Gasteiger partial charge on any atom is -0.494 e. The maximum Gasteiger partial charge on any atom is 0.421 e. The van der Waals surface area contributed by atoms with Gasteiger partial charge in [-0.1, -0.05) is 64.2 Å². The molecule has 3 rings (SSSR count). The summed E-state index contributed by atoms with van der Waals surface area (Å²) in [6.07, 6.45) is 4.62. The normalized spacial score (nSPS) is 11.4. The fourth-order valence-corrected chi connectivity index (χ4v) is 3.78. The predicted octanol–water partition coefficient (Wildman–Crippen LogP) is 8.67. The number of aryl methyl sites for hydroxylation is 1. The standard InChI is InChI=1S/C28H35F3N4O/c1-3-5-7-11-19-36-23-17-15-22(16-18-23)33-27-32-20-24(28(29,30)31)26(35-27)34-25-14-10-9-13-21(25)12-8-6-4-2/h9-10,13-18,20H,3-8,11-12,19H2,1-2H3,(H2,32,33,34,35). The molecule has 0 unspecified atom stereocenters. The Balaban J connectivity index is 1.74. The van der Waals surface area contributed by atoms with E-state index in [4.69, 9.17) is 4.74 Å². The zero-order valence-corrected chi connectivity index (χ0v) is 21.0. The number of ether oxygens (including phenoxy) is 1. The lowest BCUT2D eigenvalue weighted by molar-refractivity contribution is -0.137. The molecule has 0 radical (unpaired) electrons. The van der Waals surface area contributed by atoms with E-state index >= 15 is 0 Å². The van der Waals surface area contributed by atoms with Gasteiger partial charge in [0, 0.05) is 17.6 Å². The van der Waals surface area contributed by atoms with E-state index in [1.54, 1.807) is 24.3 Å². The van der Waals surface area contributed by atoms with Gasteiger partial charge in [0.1, 0.15) is 17.1 Å². The Labute approximate surface area is 211 Å². The van der Waals surface area contributed by atoms with Gasteiger partial charge in [0.2, 0.25) is 5.95 Å². The van der Waals surface area contributed by atoms with Crippen LogP contribution >= 0.6 is 0 Å². The quantitative estimate of drug-likeness (QED) is 0.217. The van der Waals surface area contributed by atoms with Crippen molar-refractivity contribution in [2.45, 2.75) is 71.4 Å². The SMILES string of the molecule is CCCCCCOc1ccc(Nc2ncc(C(F)(F)F)c(Nc3ccccc3CCCCC)n2)cc1. The highest BCUT2D eigenvalue weighted by atomic mass is 19.4. The van der Waals surface area contributed by atoms with Gasteiger partial charge in [0.25, 0.3) is 0 Å². The summed E-state index contributed by atoms with van der Waals surface area (Å²) in [6, 6.07) is 14.6. The second-order valence-corrected chi connectivity index (χ2v) is 8.75. The van der Waals surface area contributed by atoms with Crippen LogP contribution < -0.4 is 15.4 Å². The molecule has 0 saturated carbocycles. The maximum absolute atomic E-state index is 13.7. The number of benzene rings is 2. The molecule has 194 valence electrons. The van der Waals surface area contributed by atoms with Gasteiger partial charge in [-0.15, -0.1) is 0 Å². The summed E-state index contributed by atoms with van der Waals surface area (Å²) in [6.45, 7) is 4.94. The zero-order valence-electron chi connectivity index (χ0n) is 21.0. The van der Waals surface area contributed by atoms with E-state index in [2.05, 4.69) is 34.4 Å². The summed E-state index contributed by atoms with van der Waals surface area (Å²) in [5.41, 5.74) is 1.31. The molecule has 1 heterocycles. The van der Waals surface area contributed by atoms with Gasteiger partial charge in [0.15, 0.2) is 0 Å². The molecule has 1 aromatic heterocycles. The van der Waals surface area contributed by atoms with Gasteiger partial charge in [-0.25, -0.2) is 4.98 Å². The lowest BCUT2D eigenvalue weighted by Crippen LogP contribution is -2.13. The zero-order chi connectivity index (χ0) is 25.8. The van der Waals surface area contributed by atoms with Crippen molar-refractivity contribution in [1.82, 2.24) is 9.97 Å². The molecular formula is C28H35F3N4O. The number of unbranched alkanes of at least 4 members (excludes halogenated alkanes) is 5. The van der Waals surface area contributed by atoms with Gasteiger partial charge in [-0.05, 0) is 55.2 Å². The molecule has 0 fully saturated rings. The van der Waals surface area contributed by atoms with Crippen LogP contribution in [0.4, 0.5) is 36.3 Å². The first-order chi connectivity index (χ1) is 17.4. The molecule has 36 heavy (non-hydrogen) atoms. The van der Waals surface area contributed by atoms with Gasteiger partial charge in [-0.2, -0.15) is 18.2 Å². The number of para-hydroxylation sites is 1. The molecular weight excluding hydrogens is 465 g/mol. The lowest BCUT2D eigenvalue weighted by atomic mass is 10.1. The molecule has 0 amide bonds. The molecule has 0 aliphatic heterocycles. The third-order valence-corrected chi connectivity index (χ3v) is 5.79. The summed E-state index contributed by atoms with van der Waals surface area (Å²) in [7, 11) is 0. The number of alkyl halides is 3. The molecule has 3 aromatic rings. The van der Waals surface area contributed by atoms with Crippen molar-refractivity contribution in [1.29, 1.82) is 0 Å². The highest BCUT2D eigenvalue weighted by Gasteiger charge is 2.35.